The summed E-state index contributed by atoms with van der Waals surface area (Å²) in [6.07, 6.45) is 0. The summed E-state index contributed by atoms with van der Waals surface area (Å²) in [6.45, 7) is 3.43. The van der Waals surface area contributed by atoms with Crippen molar-refractivity contribution in [1.82, 2.24) is 5.32 Å². The molecule has 1 rings (SSSR count). The van der Waals surface area contributed by atoms with Gasteiger partial charge in [-0.3, -0.25) is 4.79 Å². The van der Waals surface area contributed by atoms with E-state index in [1.165, 1.54) is 18.2 Å². The molecule has 5 N–H and O–H groups in total. The van der Waals surface area contributed by atoms with E-state index >= 15 is 0 Å². The fourth-order valence-electron chi connectivity index (χ4n) is 1.72. The van der Waals surface area contributed by atoms with Crippen LogP contribution >= 0.6 is 11.6 Å². The van der Waals surface area contributed by atoms with Gasteiger partial charge in [0.2, 0.25) is 5.91 Å². The first-order valence-electron chi connectivity index (χ1n) is 6.12. The van der Waals surface area contributed by atoms with E-state index in [1.54, 1.807) is 13.8 Å². The van der Waals surface area contributed by atoms with Crippen molar-refractivity contribution in [2.75, 3.05) is 5.32 Å². The first-order chi connectivity index (χ1) is 9.73. The maximum Gasteiger partial charge on any atom is 0.337 e. The lowest BCUT2D eigenvalue weighted by molar-refractivity contribution is -0.118. The standard InChI is InChI=1S/C13H16ClN3O4/c1-6(2)9(17-13(15)21)11(18)16-10-7(12(19)20)4-3-5-8(10)14/h3-6,9H,1-2H3,(H,16,18)(H,19,20)(H3,15,17,21). The molecule has 0 bridgehead atoms. The highest BCUT2D eigenvalue weighted by Crippen LogP contribution is 2.26. The first kappa shape index (κ1) is 16.8. The summed E-state index contributed by atoms with van der Waals surface area (Å²) in [5.41, 5.74) is 4.86. The van der Waals surface area contributed by atoms with Gasteiger partial charge in [-0.2, -0.15) is 0 Å². The number of urea groups is 1. The van der Waals surface area contributed by atoms with Gasteiger partial charge in [0, 0.05) is 0 Å². The van der Waals surface area contributed by atoms with Crippen molar-refractivity contribution < 1.29 is 19.5 Å². The highest BCUT2D eigenvalue weighted by molar-refractivity contribution is 6.34. The number of carbonyl (C=O) groups is 3. The van der Waals surface area contributed by atoms with E-state index in [9.17, 15) is 14.4 Å². The fourth-order valence-corrected chi connectivity index (χ4v) is 1.94. The van der Waals surface area contributed by atoms with Gasteiger partial charge in [0.15, 0.2) is 0 Å². The number of hydrogen-bond acceptors (Lipinski definition) is 3. The number of anilines is 1. The summed E-state index contributed by atoms with van der Waals surface area (Å²) in [6, 6.07) is 2.48. The van der Waals surface area contributed by atoms with Crippen LogP contribution in [0, 0.1) is 5.92 Å². The monoisotopic (exact) mass is 313 g/mol. The van der Waals surface area contributed by atoms with E-state index in [0.29, 0.717) is 0 Å². The van der Waals surface area contributed by atoms with Crippen LogP contribution in [0.2, 0.25) is 5.02 Å². The van der Waals surface area contributed by atoms with Crippen LogP contribution in [0.4, 0.5) is 10.5 Å². The summed E-state index contributed by atoms with van der Waals surface area (Å²) in [4.78, 5) is 34.2. The van der Waals surface area contributed by atoms with Crippen LogP contribution in [0.25, 0.3) is 0 Å². The lowest BCUT2D eigenvalue weighted by atomic mass is 10.0. The van der Waals surface area contributed by atoms with Crippen molar-refractivity contribution in [2.45, 2.75) is 19.9 Å². The Morgan fingerprint density at radius 2 is 1.90 bits per heavy atom. The summed E-state index contributed by atoms with van der Waals surface area (Å²) in [7, 11) is 0. The number of rotatable bonds is 5. The predicted octanol–water partition coefficient (Wildman–Crippen LogP) is 1.67. The maximum absolute atomic E-state index is 12.2. The molecule has 0 fully saturated rings. The van der Waals surface area contributed by atoms with Gasteiger partial charge in [-0.05, 0) is 18.1 Å². The average molecular weight is 314 g/mol. The van der Waals surface area contributed by atoms with Crippen molar-refractivity contribution >= 4 is 35.2 Å². The number of para-hydroxylation sites is 1. The van der Waals surface area contributed by atoms with Crippen LogP contribution < -0.4 is 16.4 Å². The predicted molar refractivity (Wildman–Crippen MR) is 78.4 cm³/mol. The Kier molecular flexibility index (Phi) is 5.54. The summed E-state index contributed by atoms with van der Waals surface area (Å²) in [5.74, 6) is -2.07. The Balaban J connectivity index is 3.07. The molecule has 0 aliphatic carbocycles. The number of halogens is 1. The maximum atomic E-state index is 12.2. The molecule has 8 heteroatoms. The number of carboxylic acid groups (broad SMARTS) is 1. The molecule has 0 saturated heterocycles. The SMILES string of the molecule is CC(C)C(NC(N)=O)C(=O)Nc1c(Cl)cccc1C(=O)O. The van der Waals surface area contributed by atoms with Crippen LogP contribution in [0.1, 0.15) is 24.2 Å². The molecule has 21 heavy (non-hydrogen) atoms. The molecular weight excluding hydrogens is 298 g/mol. The zero-order valence-corrected chi connectivity index (χ0v) is 12.3. The fraction of sp³-hybridized carbons (Fsp3) is 0.308. The van der Waals surface area contributed by atoms with Crippen LogP contribution in [-0.4, -0.2) is 29.1 Å². The van der Waals surface area contributed by atoms with Crippen LogP contribution in [0.3, 0.4) is 0 Å². The highest BCUT2D eigenvalue weighted by Gasteiger charge is 2.25. The van der Waals surface area contributed by atoms with E-state index in [4.69, 9.17) is 22.4 Å². The van der Waals surface area contributed by atoms with Crippen molar-refractivity contribution in [3.8, 4) is 0 Å². The summed E-state index contributed by atoms with van der Waals surface area (Å²) < 4.78 is 0. The van der Waals surface area contributed by atoms with Crippen molar-refractivity contribution in [3.63, 3.8) is 0 Å². The van der Waals surface area contributed by atoms with Gasteiger partial charge in [0.25, 0.3) is 0 Å². The van der Waals surface area contributed by atoms with Gasteiger partial charge in [0.1, 0.15) is 6.04 Å². The van der Waals surface area contributed by atoms with Gasteiger partial charge in [-0.25, -0.2) is 9.59 Å². The van der Waals surface area contributed by atoms with Gasteiger partial charge < -0.3 is 21.5 Å². The van der Waals surface area contributed by atoms with E-state index in [1.807, 2.05) is 0 Å². The Morgan fingerprint density at radius 3 is 2.38 bits per heavy atom. The number of carbonyl (C=O) groups excluding carboxylic acids is 2. The summed E-state index contributed by atoms with van der Waals surface area (Å²) >= 11 is 5.92. The normalized spacial score (nSPS) is 11.8. The number of aromatic carboxylic acids is 1. The molecule has 7 nitrogen and oxygen atoms in total. The molecule has 0 aromatic heterocycles. The molecule has 1 unspecified atom stereocenters. The van der Waals surface area contributed by atoms with Gasteiger partial charge >= 0.3 is 12.0 Å². The molecule has 0 spiro atoms. The van der Waals surface area contributed by atoms with Crippen molar-refractivity contribution in [3.05, 3.63) is 28.8 Å². The lowest BCUT2D eigenvalue weighted by Crippen LogP contribution is -2.49. The topological polar surface area (TPSA) is 122 Å². The first-order valence-corrected chi connectivity index (χ1v) is 6.50. The minimum absolute atomic E-state index is 0.0198. The molecule has 0 aliphatic heterocycles. The minimum Gasteiger partial charge on any atom is -0.478 e. The summed E-state index contributed by atoms with van der Waals surface area (Å²) in [5, 5.41) is 13.9. The zero-order chi connectivity index (χ0) is 16.2. The quantitative estimate of drug-likeness (QED) is 0.660. The van der Waals surface area contributed by atoms with E-state index in [2.05, 4.69) is 10.6 Å². The molecule has 1 aromatic carbocycles. The van der Waals surface area contributed by atoms with E-state index in [0.717, 1.165) is 0 Å². The van der Waals surface area contributed by atoms with Gasteiger partial charge in [-0.15, -0.1) is 0 Å². The Bertz CT molecular complexity index is 575. The number of nitrogens with two attached hydrogens (primary N) is 1. The number of hydrogen-bond donors (Lipinski definition) is 4. The second-order valence-electron chi connectivity index (χ2n) is 4.69. The number of carboxylic acids is 1. The second-order valence-corrected chi connectivity index (χ2v) is 5.09. The highest BCUT2D eigenvalue weighted by atomic mass is 35.5. The third-order valence-electron chi connectivity index (χ3n) is 2.74. The van der Waals surface area contributed by atoms with Crippen molar-refractivity contribution in [1.29, 1.82) is 0 Å². The third-order valence-corrected chi connectivity index (χ3v) is 3.05. The second kappa shape index (κ2) is 6.94. The third kappa shape index (κ3) is 4.35. The minimum atomic E-state index is -1.23. The number of nitrogens with one attached hydrogen (secondary N) is 2. The van der Waals surface area contributed by atoms with Crippen LogP contribution in [-0.2, 0) is 4.79 Å². The Morgan fingerprint density at radius 1 is 1.29 bits per heavy atom. The van der Waals surface area contributed by atoms with E-state index in [-0.39, 0.29) is 22.2 Å². The van der Waals surface area contributed by atoms with Gasteiger partial charge in [0.05, 0.1) is 16.3 Å². The molecule has 3 amide bonds. The Hall–Kier alpha value is -2.28. The molecule has 0 radical (unpaired) electrons. The molecule has 0 heterocycles. The van der Waals surface area contributed by atoms with Gasteiger partial charge in [-0.1, -0.05) is 31.5 Å². The smallest absolute Gasteiger partial charge is 0.337 e. The van der Waals surface area contributed by atoms with Crippen LogP contribution in [0.15, 0.2) is 18.2 Å². The van der Waals surface area contributed by atoms with Crippen molar-refractivity contribution in [2.24, 2.45) is 11.7 Å². The molecule has 0 aliphatic rings. The number of primary amides is 1. The van der Waals surface area contributed by atoms with Crippen LogP contribution in [0.5, 0.6) is 0 Å². The number of benzene rings is 1. The zero-order valence-electron chi connectivity index (χ0n) is 11.5. The Labute approximate surface area is 126 Å². The molecular formula is C13H16ClN3O4. The number of amides is 3. The largest absolute Gasteiger partial charge is 0.478 e. The molecule has 1 aromatic rings. The molecule has 1 atom stereocenters. The lowest BCUT2D eigenvalue weighted by Gasteiger charge is -2.21. The molecule has 114 valence electrons. The average Bonchev–Trinajstić information content (AvgIpc) is 2.37. The molecule has 0 saturated carbocycles. The van der Waals surface area contributed by atoms with E-state index < -0.39 is 23.9 Å².